The summed E-state index contributed by atoms with van der Waals surface area (Å²) in [5, 5.41) is 5.95. The fourth-order valence-electron chi connectivity index (χ4n) is 4.83. The number of carbonyl (C=O) groups excluding carboxylic acids is 1. The summed E-state index contributed by atoms with van der Waals surface area (Å²) in [5.74, 6) is 0.687. The second kappa shape index (κ2) is 9.43. The third-order valence-corrected chi connectivity index (χ3v) is 6.88. The Morgan fingerprint density at radius 1 is 1.08 bits per heavy atom. The number of ether oxygens (including phenoxy) is 1. The molecular formula is C30H27N5O2. The molecule has 184 valence electrons. The molecule has 37 heavy (non-hydrogen) atoms. The Morgan fingerprint density at radius 2 is 1.95 bits per heavy atom. The molecule has 1 N–H and O–H groups in total. The van der Waals surface area contributed by atoms with Crippen molar-refractivity contribution in [3.05, 3.63) is 102 Å². The summed E-state index contributed by atoms with van der Waals surface area (Å²) in [5.41, 5.74) is 7.39. The quantitative estimate of drug-likeness (QED) is 0.346. The lowest BCUT2D eigenvalue weighted by atomic mass is 9.99. The number of nitrogens with zero attached hydrogens (tertiary/aromatic N) is 4. The van der Waals surface area contributed by atoms with Crippen molar-refractivity contribution in [2.75, 3.05) is 20.2 Å². The second-order valence-corrected chi connectivity index (χ2v) is 9.24. The molecule has 0 radical (unpaired) electrons. The fourth-order valence-corrected chi connectivity index (χ4v) is 4.83. The number of hydrogen-bond donors (Lipinski definition) is 1. The number of H-pyrrole nitrogens is 1. The minimum absolute atomic E-state index is 0.0351. The van der Waals surface area contributed by atoms with Crippen LogP contribution in [0.1, 0.15) is 27.9 Å². The van der Waals surface area contributed by atoms with Crippen molar-refractivity contribution in [1.29, 1.82) is 0 Å². The van der Waals surface area contributed by atoms with E-state index < -0.39 is 0 Å². The molecule has 0 saturated carbocycles. The number of rotatable bonds is 5. The van der Waals surface area contributed by atoms with Crippen LogP contribution in [0.2, 0.25) is 0 Å². The summed E-state index contributed by atoms with van der Waals surface area (Å²) in [4.78, 5) is 23.4. The van der Waals surface area contributed by atoms with Crippen molar-refractivity contribution in [1.82, 2.24) is 24.6 Å². The van der Waals surface area contributed by atoms with E-state index >= 15 is 0 Å². The van der Waals surface area contributed by atoms with Gasteiger partial charge in [-0.25, -0.2) is 9.67 Å². The van der Waals surface area contributed by atoms with E-state index in [0.717, 1.165) is 40.0 Å². The van der Waals surface area contributed by atoms with Gasteiger partial charge in [-0.3, -0.25) is 4.79 Å². The lowest BCUT2D eigenvalue weighted by molar-refractivity contribution is 0.0773. The predicted molar refractivity (Wildman–Crippen MR) is 145 cm³/mol. The maximum absolute atomic E-state index is 13.8. The molecule has 1 aliphatic heterocycles. The highest BCUT2D eigenvalue weighted by Gasteiger charge is 2.26. The minimum atomic E-state index is -0.0351. The summed E-state index contributed by atoms with van der Waals surface area (Å²) in [7, 11) is 1.64. The number of pyridine rings is 1. The highest BCUT2D eigenvalue weighted by atomic mass is 16.5. The Balaban J connectivity index is 1.34. The molecule has 0 saturated heterocycles. The first-order chi connectivity index (χ1) is 18.1. The molecule has 0 aliphatic carbocycles. The summed E-state index contributed by atoms with van der Waals surface area (Å²) in [6, 6.07) is 19.8. The molecule has 0 atom stereocenters. The highest BCUT2D eigenvalue weighted by Crippen LogP contribution is 2.31. The van der Waals surface area contributed by atoms with Crippen molar-refractivity contribution in [2.45, 2.75) is 13.3 Å². The number of carbonyl (C=O) groups is 1. The minimum Gasteiger partial charge on any atom is -0.497 e. The molecule has 6 rings (SSSR count). The van der Waals surface area contributed by atoms with Gasteiger partial charge < -0.3 is 14.6 Å². The number of fused-ring (bicyclic) bond motifs is 1. The molecule has 3 aromatic heterocycles. The van der Waals surface area contributed by atoms with Gasteiger partial charge in [-0.1, -0.05) is 35.9 Å². The lowest BCUT2D eigenvalue weighted by Gasteiger charge is -2.26. The molecule has 7 heteroatoms. The standard InChI is InChI=1S/C30H27N5O2/c1-20-8-10-23(11-9-20)35-19-27(28(33-35)22-5-3-6-24(17-22)37-2)30(36)34-15-12-21(13-16-34)26-18-32-29-25(26)7-4-14-31-29/h3-12,14,17-19H,13,15-16H2,1-2H3,(H,31,32). The van der Waals surface area contributed by atoms with E-state index in [2.05, 4.69) is 29.0 Å². The fraction of sp³-hybridized carbons (Fsp3) is 0.167. The molecule has 5 aromatic rings. The normalized spacial score (nSPS) is 13.6. The second-order valence-electron chi connectivity index (χ2n) is 9.24. The number of hydrogen-bond acceptors (Lipinski definition) is 4. The number of methoxy groups -OCH3 is 1. The number of amides is 1. The molecule has 0 bridgehead atoms. The van der Waals surface area contributed by atoms with Gasteiger partial charge in [-0.2, -0.15) is 5.10 Å². The smallest absolute Gasteiger partial charge is 0.258 e. The Kier molecular flexibility index (Phi) is 5.81. The number of aromatic nitrogens is 4. The summed E-state index contributed by atoms with van der Waals surface area (Å²) >= 11 is 0. The van der Waals surface area contributed by atoms with Crippen molar-refractivity contribution >= 4 is 22.5 Å². The molecule has 1 amide bonds. The van der Waals surface area contributed by atoms with Crippen LogP contribution in [-0.4, -0.2) is 50.8 Å². The van der Waals surface area contributed by atoms with Crippen LogP contribution in [0.25, 0.3) is 33.6 Å². The largest absolute Gasteiger partial charge is 0.497 e. The van der Waals surface area contributed by atoms with Gasteiger partial charge in [0.15, 0.2) is 0 Å². The van der Waals surface area contributed by atoms with Gasteiger partial charge >= 0.3 is 0 Å². The van der Waals surface area contributed by atoms with E-state index in [-0.39, 0.29) is 5.91 Å². The number of aromatic amines is 1. The van der Waals surface area contributed by atoms with Crippen LogP contribution >= 0.6 is 0 Å². The summed E-state index contributed by atoms with van der Waals surface area (Å²) in [6.45, 7) is 3.22. The number of nitrogens with one attached hydrogen (secondary N) is 1. The van der Waals surface area contributed by atoms with E-state index in [1.54, 1.807) is 18.0 Å². The number of benzene rings is 2. The van der Waals surface area contributed by atoms with Crippen LogP contribution in [0, 0.1) is 6.92 Å². The van der Waals surface area contributed by atoms with Crippen LogP contribution in [-0.2, 0) is 0 Å². The van der Waals surface area contributed by atoms with E-state index in [9.17, 15) is 4.79 Å². The Bertz CT molecular complexity index is 1630. The SMILES string of the molecule is COc1cccc(-c2nn(-c3ccc(C)cc3)cc2C(=O)N2CC=C(c3c[nH]c4ncccc34)CC2)c1. The van der Waals surface area contributed by atoms with E-state index in [1.165, 1.54) is 11.1 Å². The van der Waals surface area contributed by atoms with Crippen LogP contribution < -0.4 is 4.74 Å². The first-order valence-electron chi connectivity index (χ1n) is 12.3. The first kappa shape index (κ1) is 22.8. The van der Waals surface area contributed by atoms with Crippen LogP contribution in [0.5, 0.6) is 5.75 Å². The molecular weight excluding hydrogens is 462 g/mol. The third-order valence-electron chi connectivity index (χ3n) is 6.88. The van der Waals surface area contributed by atoms with Gasteiger partial charge in [0.1, 0.15) is 17.1 Å². The summed E-state index contributed by atoms with van der Waals surface area (Å²) < 4.78 is 7.21. The van der Waals surface area contributed by atoms with E-state index in [0.29, 0.717) is 24.3 Å². The van der Waals surface area contributed by atoms with Crippen molar-refractivity contribution in [2.24, 2.45) is 0 Å². The molecule has 7 nitrogen and oxygen atoms in total. The average molecular weight is 490 g/mol. The van der Waals surface area contributed by atoms with Crippen LogP contribution in [0.15, 0.2) is 85.3 Å². The van der Waals surface area contributed by atoms with Gasteiger partial charge in [0.2, 0.25) is 0 Å². The Labute approximate surface area is 215 Å². The van der Waals surface area contributed by atoms with Crippen LogP contribution in [0.4, 0.5) is 0 Å². The van der Waals surface area contributed by atoms with Gasteiger partial charge in [-0.05, 0) is 55.3 Å². The first-order valence-corrected chi connectivity index (χ1v) is 12.3. The molecule has 2 aromatic carbocycles. The molecule has 1 aliphatic rings. The number of aryl methyl sites for hydroxylation is 1. The lowest BCUT2D eigenvalue weighted by Crippen LogP contribution is -2.34. The third kappa shape index (κ3) is 4.29. The highest BCUT2D eigenvalue weighted by molar-refractivity contribution is 6.00. The summed E-state index contributed by atoms with van der Waals surface area (Å²) in [6.07, 6.45) is 8.55. The zero-order chi connectivity index (χ0) is 25.4. The molecule has 4 heterocycles. The maximum atomic E-state index is 13.8. The van der Waals surface area contributed by atoms with E-state index in [1.807, 2.05) is 71.9 Å². The monoisotopic (exact) mass is 489 g/mol. The van der Waals surface area contributed by atoms with Gasteiger partial charge in [0.05, 0.1) is 18.4 Å². The maximum Gasteiger partial charge on any atom is 0.258 e. The zero-order valence-corrected chi connectivity index (χ0v) is 20.8. The van der Waals surface area contributed by atoms with Gasteiger partial charge in [0.25, 0.3) is 5.91 Å². The predicted octanol–water partition coefficient (Wildman–Crippen LogP) is 5.66. The van der Waals surface area contributed by atoms with Crippen molar-refractivity contribution in [3.63, 3.8) is 0 Å². The van der Waals surface area contributed by atoms with E-state index in [4.69, 9.17) is 9.84 Å². The topological polar surface area (TPSA) is 76.0 Å². The molecule has 0 spiro atoms. The van der Waals surface area contributed by atoms with Crippen molar-refractivity contribution in [3.8, 4) is 22.7 Å². The zero-order valence-electron chi connectivity index (χ0n) is 20.8. The van der Waals surface area contributed by atoms with Crippen molar-refractivity contribution < 1.29 is 9.53 Å². The molecule has 0 unspecified atom stereocenters. The Hall–Kier alpha value is -4.65. The Morgan fingerprint density at radius 3 is 2.73 bits per heavy atom. The van der Waals surface area contributed by atoms with Gasteiger partial charge in [-0.15, -0.1) is 0 Å². The van der Waals surface area contributed by atoms with Crippen LogP contribution in [0.3, 0.4) is 0 Å². The molecule has 0 fully saturated rings. The average Bonchev–Trinajstić information content (AvgIpc) is 3.59. The van der Waals surface area contributed by atoms with Gasteiger partial charge in [0, 0.05) is 48.2 Å².